The number of hydrogen-bond acceptors (Lipinski definition) is 3. The number of nitrogens with zero attached hydrogens (tertiary/aromatic N) is 3. The first kappa shape index (κ1) is 29.3. The number of benzene rings is 7. The quantitative estimate of drug-likeness (QED) is 0.173. The molecule has 0 N–H and O–H groups in total. The molecule has 7 aromatic carbocycles. The first-order chi connectivity index (χ1) is 25.3. The Morgan fingerprint density at radius 2 is 0.824 bits per heavy atom. The lowest BCUT2D eigenvalue weighted by molar-refractivity contribution is 1.24. The van der Waals surface area contributed by atoms with Crippen molar-refractivity contribution in [2.45, 2.75) is 0 Å². The fourth-order valence-electron chi connectivity index (χ4n) is 8.11. The molecule has 0 saturated heterocycles. The fourth-order valence-corrected chi connectivity index (χ4v) is 8.11. The van der Waals surface area contributed by atoms with Crippen LogP contribution in [0.2, 0.25) is 0 Å². The first-order valence-corrected chi connectivity index (χ1v) is 17.5. The third kappa shape index (κ3) is 4.72. The minimum atomic E-state index is 0.00189. The summed E-state index contributed by atoms with van der Waals surface area (Å²) < 4.78 is 0. The Bertz CT molecular complexity index is 2530. The second-order valence-electron chi connectivity index (χ2n) is 13.1. The van der Waals surface area contributed by atoms with Crippen molar-refractivity contribution in [2.75, 3.05) is 9.80 Å². The molecular weight excluding hydrogens is 617 g/mol. The molecule has 8 aromatic rings. The molecule has 0 spiro atoms. The van der Waals surface area contributed by atoms with Gasteiger partial charge in [0.15, 0.2) is 0 Å². The van der Waals surface area contributed by atoms with Gasteiger partial charge in [-0.15, -0.1) is 0 Å². The molecule has 1 aromatic heterocycles. The summed E-state index contributed by atoms with van der Waals surface area (Å²) in [5, 5.41) is 0. The van der Waals surface area contributed by atoms with Gasteiger partial charge in [0.25, 0.3) is 6.71 Å². The van der Waals surface area contributed by atoms with Gasteiger partial charge in [0.2, 0.25) is 0 Å². The minimum Gasteiger partial charge on any atom is -0.311 e. The summed E-state index contributed by atoms with van der Waals surface area (Å²) in [4.78, 5) is 10.4. The van der Waals surface area contributed by atoms with Crippen LogP contribution in [0, 0.1) is 0 Å². The Morgan fingerprint density at radius 1 is 0.373 bits per heavy atom. The van der Waals surface area contributed by atoms with Crippen LogP contribution < -0.4 is 26.2 Å². The van der Waals surface area contributed by atoms with E-state index in [1.807, 2.05) is 0 Å². The van der Waals surface area contributed by atoms with E-state index in [4.69, 9.17) is 4.98 Å². The summed E-state index contributed by atoms with van der Waals surface area (Å²) in [7, 11) is 0. The standard InChI is InChI=1S/C47H32BN3/c1-5-18-33(19-6-1)37-32-38(42-29-17-28-41(49-42)34-20-7-2-8-21-34)47-45-46(37)50(35-22-9-3-10-23-35)43-30-15-13-26-39(43)48(45)40-27-14-16-31-44(40)51(47)36-24-11-4-12-25-36/h1-32H. The molecule has 0 atom stereocenters. The second-order valence-corrected chi connectivity index (χ2v) is 13.1. The van der Waals surface area contributed by atoms with E-state index in [0.717, 1.165) is 39.6 Å². The fraction of sp³-hybridized carbons (Fsp3) is 0. The van der Waals surface area contributed by atoms with E-state index in [0.29, 0.717) is 0 Å². The summed E-state index contributed by atoms with van der Waals surface area (Å²) >= 11 is 0. The highest BCUT2D eigenvalue weighted by atomic mass is 15.2. The number of para-hydroxylation sites is 4. The maximum absolute atomic E-state index is 5.42. The Balaban J connectivity index is 1.39. The van der Waals surface area contributed by atoms with Crippen molar-refractivity contribution in [2.24, 2.45) is 0 Å². The minimum absolute atomic E-state index is 0.00189. The van der Waals surface area contributed by atoms with Gasteiger partial charge in [-0.1, -0.05) is 140 Å². The molecule has 0 fully saturated rings. The molecule has 3 nitrogen and oxygen atoms in total. The van der Waals surface area contributed by atoms with Crippen molar-refractivity contribution in [3.63, 3.8) is 0 Å². The van der Waals surface area contributed by atoms with Crippen LogP contribution in [-0.2, 0) is 0 Å². The molecule has 0 saturated carbocycles. The molecule has 10 rings (SSSR count). The van der Waals surface area contributed by atoms with Gasteiger partial charge in [0.05, 0.1) is 22.8 Å². The van der Waals surface area contributed by atoms with Gasteiger partial charge in [-0.3, -0.25) is 0 Å². The predicted octanol–water partition coefficient (Wildman–Crippen LogP) is 10.2. The Labute approximate surface area is 298 Å². The third-order valence-electron chi connectivity index (χ3n) is 10.2. The van der Waals surface area contributed by atoms with Gasteiger partial charge in [-0.2, -0.15) is 0 Å². The van der Waals surface area contributed by atoms with E-state index in [9.17, 15) is 0 Å². The monoisotopic (exact) mass is 649 g/mol. The van der Waals surface area contributed by atoms with Crippen LogP contribution in [0.3, 0.4) is 0 Å². The van der Waals surface area contributed by atoms with Crippen molar-refractivity contribution in [1.82, 2.24) is 4.98 Å². The summed E-state index contributed by atoms with van der Waals surface area (Å²) in [6.07, 6.45) is 0. The Morgan fingerprint density at radius 3 is 1.39 bits per heavy atom. The zero-order valence-corrected chi connectivity index (χ0v) is 27.9. The molecule has 4 heteroatoms. The smallest absolute Gasteiger partial charge is 0.252 e. The van der Waals surface area contributed by atoms with Crippen molar-refractivity contribution >= 4 is 57.2 Å². The highest BCUT2D eigenvalue weighted by Gasteiger charge is 2.45. The van der Waals surface area contributed by atoms with Gasteiger partial charge in [0.1, 0.15) is 0 Å². The van der Waals surface area contributed by atoms with Crippen LogP contribution in [0.1, 0.15) is 0 Å². The van der Waals surface area contributed by atoms with Crippen LogP contribution in [0.4, 0.5) is 34.1 Å². The Hall–Kier alpha value is -6.65. The average Bonchev–Trinajstić information content (AvgIpc) is 3.22. The molecule has 3 heterocycles. The predicted molar refractivity (Wildman–Crippen MR) is 215 cm³/mol. The lowest BCUT2D eigenvalue weighted by Crippen LogP contribution is -2.61. The number of rotatable bonds is 5. The molecule has 238 valence electrons. The number of anilines is 6. The largest absolute Gasteiger partial charge is 0.311 e. The van der Waals surface area contributed by atoms with Gasteiger partial charge in [-0.05, 0) is 76.5 Å². The zero-order chi connectivity index (χ0) is 33.7. The van der Waals surface area contributed by atoms with Gasteiger partial charge < -0.3 is 9.80 Å². The van der Waals surface area contributed by atoms with Crippen molar-refractivity contribution in [3.8, 4) is 33.6 Å². The second kappa shape index (κ2) is 12.0. The highest BCUT2D eigenvalue weighted by molar-refractivity contribution is 7.00. The molecule has 0 unspecified atom stereocenters. The number of fused-ring (bicyclic) bond motifs is 4. The zero-order valence-electron chi connectivity index (χ0n) is 27.9. The van der Waals surface area contributed by atoms with Crippen LogP contribution in [0.25, 0.3) is 33.6 Å². The average molecular weight is 650 g/mol. The molecule has 51 heavy (non-hydrogen) atoms. The molecule has 0 amide bonds. The Kier molecular flexibility index (Phi) is 6.92. The number of pyridine rings is 1. The van der Waals surface area contributed by atoms with Crippen LogP contribution in [0.15, 0.2) is 194 Å². The van der Waals surface area contributed by atoms with Crippen molar-refractivity contribution < 1.29 is 0 Å². The van der Waals surface area contributed by atoms with Crippen LogP contribution in [-0.4, -0.2) is 11.7 Å². The maximum atomic E-state index is 5.42. The molecule has 0 radical (unpaired) electrons. The first-order valence-electron chi connectivity index (χ1n) is 17.5. The van der Waals surface area contributed by atoms with E-state index in [-0.39, 0.29) is 6.71 Å². The van der Waals surface area contributed by atoms with Crippen molar-refractivity contribution in [3.05, 3.63) is 194 Å². The highest BCUT2D eigenvalue weighted by Crippen LogP contribution is 2.51. The van der Waals surface area contributed by atoms with Crippen LogP contribution in [0.5, 0.6) is 0 Å². The molecular formula is C47H32BN3. The SMILES string of the molecule is c1ccc(-c2cccc(-c3cc(-c4ccccc4)c4c5c3N(c3ccccc3)c3ccccc3B5c3ccccc3N4c3ccccc3)n2)cc1. The molecule has 2 aliphatic heterocycles. The van der Waals surface area contributed by atoms with Crippen molar-refractivity contribution in [1.29, 1.82) is 0 Å². The van der Waals surface area contributed by atoms with E-state index >= 15 is 0 Å². The number of aromatic nitrogens is 1. The molecule has 0 aliphatic carbocycles. The lowest BCUT2D eigenvalue weighted by Gasteiger charge is -2.45. The van der Waals surface area contributed by atoms with E-state index in [1.54, 1.807) is 0 Å². The van der Waals surface area contributed by atoms with Crippen LogP contribution >= 0.6 is 0 Å². The van der Waals surface area contributed by atoms with E-state index in [2.05, 4.69) is 204 Å². The van der Waals surface area contributed by atoms with Gasteiger partial charge in [0, 0.05) is 39.4 Å². The summed E-state index contributed by atoms with van der Waals surface area (Å²) in [6, 6.07) is 69.7. The third-order valence-corrected chi connectivity index (χ3v) is 10.2. The summed E-state index contributed by atoms with van der Waals surface area (Å²) in [6.45, 7) is 0.00189. The molecule has 2 aliphatic rings. The summed E-state index contributed by atoms with van der Waals surface area (Å²) in [5.74, 6) is 0. The maximum Gasteiger partial charge on any atom is 0.252 e. The summed E-state index contributed by atoms with van der Waals surface area (Å²) in [5.41, 5.74) is 17.3. The van der Waals surface area contributed by atoms with E-state index < -0.39 is 0 Å². The van der Waals surface area contributed by atoms with Gasteiger partial charge >= 0.3 is 0 Å². The topological polar surface area (TPSA) is 19.4 Å². The van der Waals surface area contributed by atoms with E-state index in [1.165, 1.54) is 44.6 Å². The normalized spacial score (nSPS) is 12.6. The number of hydrogen-bond donors (Lipinski definition) is 0. The van der Waals surface area contributed by atoms with Gasteiger partial charge in [-0.25, -0.2) is 4.98 Å². The lowest BCUT2D eigenvalue weighted by atomic mass is 9.33. The molecule has 0 bridgehead atoms.